The van der Waals surface area contributed by atoms with Crippen molar-refractivity contribution >= 4 is 75.1 Å². The third kappa shape index (κ3) is 2.95. The largest absolute Gasteiger partial charge is 0.326 e. The number of rotatable bonds is 2. The molecule has 3 aromatic carbocycles. The molecule has 3 aromatic rings. The van der Waals surface area contributed by atoms with Gasteiger partial charge in [0.25, 0.3) is 0 Å². The van der Waals surface area contributed by atoms with Crippen molar-refractivity contribution in [2.24, 2.45) is 0 Å². The molecule has 1 aliphatic rings. The maximum absolute atomic E-state index is 8.20. The zero-order valence-corrected chi connectivity index (χ0v) is 15.1. The van der Waals surface area contributed by atoms with Crippen LogP contribution < -0.4 is 10.6 Å². The number of anilines is 2. The Kier molecular flexibility index (Phi) is 4.08. The van der Waals surface area contributed by atoms with Crippen LogP contribution in [0.3, 0.4) is 0 Å². The number of hydrogen-bond donors (Lipinski definition) is 3. The van der Waals surface area contributed by atoms with Gasteiger partial charge in [-0.25, -0.2) is 0 Å². The van der Waals surface area contributed by atoms with Crippen molar-refractivity contribution in [3.8, 4) is 0 Å². The molecule has 0 aromatic heterocycles. The zero-order valence-electron chi connectivity index (χ0n) is 12.8. The van der Waals surface area contributed by atoms with Crippen LogP contribution in [0.2, 0.25) is 15.1 Å². The van der Waals surface area contributed by atoms with Gasteiger partial charge in [0.15, 0.2) is 5.96 Å². The van der Waals surface area contributed by atoms with Gasteiger partial charge in [-0.3, -0.25) is 5.41 Å². The third-order valence-corrected chi connectivity index (χ3v) is 5.26. The molecule has 0 saturated heterocycles. The Morgan fingerprint density at radius 3 is 2.24 bits per heavy atom. The molecular weight excluding hydrogens is 377 g/mol. The molecular formula is C19H12Cl3N3. The molecule has 0 unspecified atom stereocenters. The normalized spacial score (nSPS) is 11.8. The fourth-order valence-corrected chi connectivity index (χ4v) is 3.56. The van der Waals surface area contributed by atoms with Crippen LogP contribution in [0, 0.1) is 5.41 Å². The van der Waals surface area contributed by atoms with E-state index < -0.39 is 0 Å². The van der Waals surface area contributed by atoms with E-state index in [0.29, 0.717) is 20.8 Å². The fraction of sp³-hybridized carbons (Fsp3) is 0. The molecule has 3 nitrogen and oxygen atoms in total. The minimum atomic E-state index is 0.112. The topological polar surface area (TPSA) is 47.9 Å². The van der Waals surface area contributed by atoms with Crippen molar-refractivity contribution in [3.63, 3.8) is 0 Å². The molecule has 0 radical (unpaired) electrons. The summed E-state index contributed by atoms with van der Waals surface area (Å²) in [6.45, 7) is 0. The number of halogens is 3. The Morgan fingerprint density at radius 1 is 0.840 bits per heavy atom. The minimum Gasteiger partial charge on any atom is -0.326 e. The molecule has 0 saturated carbocycles. The summed E-state index contributed by atoms with van der Waals surface area (Å²) in [7, 11) is 0. The van der Waals surface area contributed by atoms with Gasteiger partial charge in [0.05, 0.1) is 15.1 Å². The molecule has 6 heteroatoms. The Balaban J connectivity index is 1.61. The first-order chi connectivity index (χ1) is 12.0. The second-order valence-corrected chi connectivity index (χ2v) is 6.88. The molecule has 0 aliphatic heterocycles. The van der Waals surface area contributed by atoms with Crippen molar-refractivity contribution in [2.45, 2.75) is 0 Å². The van der Waals surface area contributed by atoms with E-state index >= 15 is 0 Å². The van der Waals surface area contributed by atoms with Crippen LogP contribution in [-0.2, 0) is 0 Å². The summed E-state index contributed by atoms with van der Waals surface area (Å²) >= 11 is 18.0. The molecule has 0 spiro atoms. The molecule has 4 rings (SSSR count). The fourth-order valence-electron chi connectivity index (χ4n) is 2.97. The van der Waals surface area contributed by atoms with E-state index in [1.807, 2.05) is 24.3 Å². The van der Waals surface area contributed by atoms with Crippen LogP contribution in [-0.4, -0.2) is 5.96 Å². The van der Waals surface area contributed by atoms with Crippen LogP contribution in [0.4, 0.5) is 11.4 Å². The van der Waals surface area contributed by atoms with Gasteiger partial charge in [-0.15, -0.1) is 0 Å². The third-order valence-electron chi connectivity index (χ3n) is 4.06. The van der Waals surface area contributed by atoms with Crippen LogP contribution in [0.5, 0.6) is 0 Å². The van der Waals surface area contributed by atoms with Gasteiger partial charge < -0.3 is 10.6 Å². The van der Waals surface area contributed by atoms with E-state index in [9.17, 15) is 0 Å². The summed E-state index contributed by atoms with van der Waals surface area (Å²) in [5.41, 5.74) is 3.82. The van der Waals surface area contributed by atoms with Gasteiger partial charge in [-0.05, 0) is 34.7 Å². The van der Waals surface area contributed by atoms with Crippen molar-refractivity contribution < 1.29 is 0 Å². The van der Waals surface area contributed by atoms with Gasteiger partial charge >= 0.3 is 0 Å². The smallest absolute Gasteiger partial charge is 0.197 e. The average Bonchev–Trinajstić information content (AvgIpc) is 3.00. The van der Waals surface area contributed by atoms with Gasteiger partial charge in [-0.2, -0.15) is 0 Å². The van der Waals surface area contributed by atoms with Crippen molar-refractivity contribution in [2.75, 3.05) is 10.6 Å². The molecule has 1 aliphatic carbocycles. The molecule has 0 amide bonds. The standard InChI is InChI=1S/C19H12Cl3N3/c20-14-8-12(9-15(21)18(14)22)24-19(23)25-16-7-6-11-5-4-10-2-1-3-13(16)17(10)11/h1-9H,(H3,23,24,25). The van der Waals surface area contributed by atoms with E-state index in [0.717, 1.165) is 11.1 Å². The lowest BCUT2D eigenvalue weighted by Crippen LogP contribution is -2.20. The molecule has 124 valence electrons. The van der Waals surface area contributed by atoms with E-state index in [1.54, 1.807) is 12.1 Å². The summed E-state index contributed by atoms with van der Waals surface area (Å²) in [5, 5.41) is 17.5. The van der Waals surface area contributed by atoms with Crippen molar-refractivity contribution in [1.82, 2.24) is 0 Å². The van der Waals surface area contributed by atoms with Gasteiger partial charge in [0.1, 0.15) is 0 Å². The second kappa shape index (κ2) is 6.26. The Hall–Kier alpha value is -2.20. The lowest BCUT2D eigenvalue weighted by molar-refractivity contribution is 1.44. The highest BCUT2D eigenvalue weighted by molar-refractivity contribution is 6.48. The molecule has 0 atom stereocenters. The monoisotopic (exact) mass is 387 g/mol. The maximum Gasteiger partial charge on any atom is 0.197 e. The number of hydrogen-bond acceptors (Lipinski definition) is 1. The van der Waals surface area contributed by atoms with Gasteiger partial charge in [0, 0.05) is 16.8 Å². The summed E-state index contributed by atoms with van der Waals surface area (Å²) in [5.74, 6) is 0.112. The Morgan fingerprint density at radius 2 is 1.52 bits per heavy atom. The SMILES string of the molecule is N=C(Nc1cc(Cl)c(Cl)c(Cl)c1)Nc1ccc2c3c(cccc13)C=C2. The first-order valence-electron chi connectivity index (χ1n) is 7.54. The van der Waals surface area contributed by atoms with Crippen LogP contribution >= 0.6 is 34.8 Å². The van der Waals surface area contributed by atoms with Crippen LogP contribution in [0.1, 0.15) is 11.1 Å². The van der Waals surface area contributed by atoms with Crippen LogP contribution in [0.15, 0.2) is 42.5 Å². The van der Waals surface area contributed by atoms with Gasteiger partial charge in [-0.1, -0.05) is 71.2 Å². The van der Waals surface area contributed by atoms with Crippen molar-refractivity contribution in [1.29, 1.82) is 5.41 Å². The summed E-state index contributed by atoms with van der Waals surface area (Å²) in [6, 6.07) is 13.4. The summed E-state index contributed by atoms with van der Waals surface area (Å²) in [4.78, 5) is 0. The first-order valence-corrected chi connectivity index (χ1v) is 8.67. The quantitative estimate of drug-likeness (QED) is 0.202. The number of benzene rings is 3. The summed E-state index contributed by atoms with van der Waals surface area (Å²) < 4.78 is 0. The average molecular weight is 389 g/mol. The van der Waals surface area contributed by atoms with Gasteiger partial charge in [0.2, 0.25) is 0 Å². The lowest BCUT2D eigenvalue weighted by Gasteiger charge is -2.14. The Bertz CT molecular complexity index is 1020. The molecule has 0 fully saturated rings. The highest BCUT2D eigenvalue weighted by atomic mass is 35.5. The Labute approximate surface area is 159 Å². The van der Waals surface area contributed by atoms with E-state index in [-0.39, 0.29) is 5.96 Å². The summed E-state index contributed by atoms with van der Waals surface area (Å²) in [6.07, 6.45) is 4.20. The van der Waals surface area contributed by atoms with Crippen LogP contribution in [0.25, 0.3) is 22.9 Å². The second-order valence-electron chi connectivity index (χ2n) is 5.68. The predicted molar refractivity (Wildman–Crippen MR) is 109 cm³/mol. The number of nitrogens with one attached hydrogen (secondary N) is 3. The lowest BCUT2D eigenvalue weighted by atomic mass is 10.0. The molecule has 3 N–H and O–H groups in total. The molecule has 25 heavy (non-hydrogen) atoms. The number of guanidine groups is 1. The first kappa shape index (κ1) is 16.3. The highest BCUT2D eigenvalue weighted by Crippen LogP contribution is 2.36. The van der Waals surface area contributed by atoms with E-state index in [2.05, 4.69) is 28.9 Å². The minimum absolute atomic E-state index is 0.112. The van der Waals surface area contributed by atoms with E-state index in [1.165, 1.54) is 16.5 Å². The maximum atomic E-state index is 8.20. The van der Waals surface area contributed by atoms with E-state index in [4.69, 9.17) is 40.2 Å². The molecule has 0 bridgehead atoms. The van der Waals surface area contributed by atoms with Crippen molar-refractivity contribution in [3.05, 3.63) is 68.7 Å². The molecule has 0 heterocycles. The predicted octanol–water partition coefficient (Wildman–Crippen LogP) is 6.74. The highest BCUT2D eigenvalue weighted by Gasteiger charge is 2.13. The zero-order chi connectivity index (χ0) is 17.6.